The van der Waals surface area contributed by atoms with Gasteiger partial charge in [-0.2, -0.15) is 28.9 Å². The van der Waals surface area contributed by atoms with Gasteiger partial charge in [0.25, 0.3) is 33.7 Å². The monoisotopic (exact) mass is 858 g/mol. The third-order valence-corrected chi connectivity index (χ3v) is 12.8. The van der Waals surface area contributed by atoms with Crippen molar-refractivity contribution in [1.29, 1.82) is 0 Å². The molecule has 308 valence electrons. The molecule has 1 N–H and O–H groups in total. The lowest BCUT2D eigenvalue weighted by molar-refractivity contribution is 0.0877. The quantitative estimate of drug-likeness (QED) is 0.0544. The molecule has 0 spiro atoms. The molecule has 0 saturated carbocycles. The van der Waals surface area contributed by atoms with Crippen LogP contribution in [0.4, 0.5) is 34.1 Å². The van der Waals surface area contributed by atoms with Crippen molar-refractivity contribution in [3.05, 3.63) is 173 Å². The van der Waals surface area contributed by atoms with Crippen molar-refractivity contribution in [2.24, 2.45) is 20.5 Å². The standard InChI is InChI=1S/C50H30N6O7S/c1-26-24-30(10-22-41(26)53-51-28-6-4-3-5-7-28)55-47(57)37-18-14-33-35-16-20-39-46-40(21-17-36(44(35)46)34-15-19-38(48(55)58)45(37)43(33)34)50(60)56(49(39)59)31-11-23-42(27(2)25-31)54-52-29-8-12-32(13-9-29)64(61,62)63/h3-25H,1-2H3,(H,61,62,63). The maximum absolute atomic E-state index is 14.4. The van der Waals surface area contributed by atoms with Crippen LogP contribution in [0.15, 0.2) is 165 Å². The third kappa shape index (κ3) is 5.84. The Morgan fingerprint density at radius 3 is 1.16 bits per heavy atom. The maximum atomic E-state index is 14.4. The summed E-state index contributed by atoms with van der Waals surface area (Å²) in [5.41, 5.74) is 5.70. The number of fused-ring (bicyclic) bond motifs is 2. The van der Waals surface area contributed by atoms with E-state index in [0.29, 0.717) is 72.7 Å². The van der Waals surface area contributed by atoms with E-state index in [1.165, 1.54) is 29.2 Å². The van der Waals surface area contributed by atoms with Crippen molar-refractivity contribution in [3.8, 4) is 0 Å². The second-order valence-corrected chi connectivity index (χ2v) is 17.1. The molecule has 0 unspecified atom stereocenters. The van der Waals surface area contributed by atoms with E-state index in [9.17, 15) is 32.1 Å². The van der Waals surface area contributed by atoms with Crippen molar-refractivity contribution in [2.45, 2.75) is 18.7 Å². The van der Waals surface area contributed by atoms with Gasteiger partial charge in [0, 0.05) is 33.0 Å². The van der Waals surface area contributed by atoms with E-state index in [-0.39, 0.29) is 4.90 Å². The number of amides is 4. The van der Waals surface area contributed by atoms with Crippen LogP contribution in [-0.4, -0.2) is 36.6 Å². The van der Waals surface area contributed by atoms with Crippen molar-refractivity contribution in [3.63, 3.8) is 0 Å². The van der Waals surface area contributed by atoms with Crippen LogP contribution in [0.2, 0.25) is 0 Å². The predicted molar refractivity (Wildman–Crippen MR) is 243 cm³/mol. The highest BCUT2D eigenvalue weighted by molar-refractivity contribution is 7.85. The van der Waals surface area contributed by atoms with E-state index in [1.807, 2.05) is 61.5 Å². The molecular formula is C50H30N6O7S. The number of hydrogen-bond acceptors (Lipinski definition) is 10. The van der Waals surface area contributed by atoms with Gasteiger partial charge < -0.3 is 0 Å². The van der Waals surface area contributed by atoms with Gasteiger partial charge >= 0.3 is 0 Å². The molecule has 11 rings (SSSR count). The highest BCUT2D eigenvalue weighted by atomic mass is 32.2. The first-order chi connectivity index (χ1) is 30.9. The summed E-state index contributed by atoms with van der Waals surface area (Å²) in [6.07, 6.45) is 0. The van der Waals surface area contributed by atoms with E-state index < -0.39 is 33.7 Å². The van der Waals surface area contributed by atoms with Gasteiger partial charge in [-0.15, -0.1) is 0 Å². The molecular weight excluding hydrogens is 829 g/mol. The summed E-state index contributed by atoms with van der Waals surface area (Å²) in [6.45, 7) is 3.62. The van der Waals surface area contributed by atoms with Crippen molar-refractivity contribution < 1.29 is 32.1 Å². The highest BCUT2D eigenvalue weighted by Gasteiger charge is 2.38. The summed E-state index contributed by atoms with van der Waals surface area (Å²) in [5.74, 6) is -1.90. The zero-order chi connectivity index (χ0) is 44.2. The normalized spacial score (nSPS) is 14.2. The first-order valence-corrected chi connectivity index (χ1v) is 21.5. The van der Waals surface area contributed by atoms with Gasteiger partial charge in [0.15, 0.2) is 0 Å². The van der Waals surface area contributed by atoms with Gasteiger partial charge in [-0.1, -0.05) is 42.5 Å². The number of imide groups is 2. The number of hydrogen-bond donors (Lipinski definition) is 1. The Hall–Kier alpha value is -8.33. The Labute approximate surface area is 363 Å². The van der Waals surface area contributed by atoms with Crippen molar-refractivity contribution in [2.75, 3.05) is 9.80 Å². The second-order valence-electron chi connectivity index (χ2n) is 15.7. The first-order valence-electron chi connectivity index (χ1n) is 20.0. The number of azo groups is 2. The zero-order valence-electron chi connectivity index (χ0n) is 33.8. The fourth-order valence-corrected chi connectivity index (χ4v) is 9.40. The summed E-state index contributed by atoms with van der Waals surface area (Å²) in [6, 6.07) is 39.1. The minimum absolute atomic E-state index is 0.268. The third-order valence-electron chi connectivity index (χ3n) is 12.0. The SMILES string of the molecule is Cc1cc(N2C(=O)c3ccc4c5ccc6c7c(ccc(c8ccc(c3c48)C2=O)c75)C(=O)N(c2ccc(N=Nc3ccc(S(=O)(=O)O)cc3)c(C)c2)C6=O)ccc1N=Nc1ccccc1. The van der Waals surface area contributed by atoms with E-state index >= 15 is 0 Å². The molecule has 0 atom stereocenters. The lowest BCUT2D eigenvalue weighted by Gasteiger charge is -2.30. The highest BCUT2D eigenvalue weighted by Crippen LogP contribution is 2.47. The number of anilines is 2. The molecule has 0 fully saturated rings. The molecule has 9 aromatic rings. The zero-order valence-corrected chi connectivity index (χ0v) is 34.6. The predicted octanol–water partition coefficient (Wildman–Crippen LogP) is 12.0. The Kier molecular flexibility index (Phi) is 8.50. The van der Waals surface area contributed by atoms with Crippen LogP contribution >= 0.6 is 0 Å². The first kappa shape index (κ1) is 38.6. The molecule has 0 bridgehead atoms. The molecule has 9 aromatic carbocycles. The fraction of sp³-hybridized carbons (Fsp3) is 0.0400. The van der Waals surface area contributed by atoms with Crippen LogP contribution < -0.4 is 9.80 Å². The number of rotatable bonds is 7. The number of nitrogens with zero attached hydrogens (tertiary/aromatic N) is 6. The minimum Gasteiger partial charge on any atom is -0.282 e. The summed E-state index contributed by atoms with van der Waals surface area (Å²) < 4.78 is 32.0. The molecule has 0 aliphatic carbocycles. The van der Waals surface area contributed by atoms with E-state index in [2.05, 4.69) is 20.5 Å². The van der Waals surface area contributed by atoms with Gasteiger partial charge in [-0.05, 0) is 154 Å². The number of carbonyl (C=O) groups excluding carboxylic acids is 4. The molecule has 2 aliphatic rings. The average molecular weight is 859 g/mol. The van der Waals surface area contributed by atoms with Gasteiger partial charge in [-0.25, -0.2) is 9.80 Å². The van der Waals surface area contributed by atoms with Gasteiger partial charge in [0.2, 0.25) is 0 Å². The summed E-state index contributed by atoms with van der Waals surface area (Å²) in [7, 11) is -4.35. The number of benzene rings is 9. The fourth-order valence-electron chi connectivity index (χ4n) is 8.92. The molecule has 0 aromatic heterocycles. The Bertz CT molecular complexity index is 3640. The average Bonchev–Trinajstić information content (AvgIpc) is 3.29. The van der Waals surface area contributed by atoms with Crippen LogP contribution in [0.3, 0.4) is 0 Å². The van der Waals surface area contributed by atoms with E-state index in [0.717, 1.165) is 42.8 Å². The molecule has 4 amide bonds. The molecule has 0 radical (unpaired) electrons. The summed E-state index contributed by atoms with van der Waals surface area (Å²) >= 11 is 0. The molecule has 2 heterocycles. The lowest BCUT2D eigenvalue weighted by Crippen LogP contribution is -2.40. The Balaban J connectivity index is 0.948. The Morgan fingerprint density at radius 1 is 0.422 bits per heavy atom. The van der Waals surface area contributed by atoms with Crippen molar-refractivity contribution >= 4 is 111 Å². The van der Waals surface area contributed by atoms with Crippen LogP contribution in [-0.2, 0) is 10.1 Å². The minimum atomic E-state index is -4.35. The number of aryl methyl sites for hydroxylation is 2. The smallest absolute Gasteiger partial charge is 0.282 e. The largest absolute Gasteiger partial charge is 0.294 e. The molecule has 13 nitrogen and oxygen atoms in total. The van der Waals surface area contributed by atoms with Gasteiger partial charge in [0.1, 0.15) is 0 Å². The van der Waals surface area contributed by atoms with E-state index in [1.54, 1.807) is 67.6 Å². The molecule has 2 aliphatic heterocycles. The summed E-state index contributed by atoms with van der Waals surface area (Å²) in [5, 5.41) is 22.8. The van der Waals surface area contributed by atoms with E-state index in [4.69, 9.17) is 0 Å². The van der Waals surface area contributed by atoms with Crippen LogP contribution in [0.5, 0.6) is 0 Å². The molecule has 0 saturated heterocycles. The summed E-state index contributed by atoms with van der Waals surface area (Å²) in [4.78, 5) is 59.6. The topological polar surface area (TPSA) is 179 Å². The second kappa shape index (κ2) is 14.1. The molecule has 14 heteroatoms. The van der Waals surface area contributed by atoms with Crippen LogP contribution in [0, 0.1) is 13.8 Å². The van der Waals surface area contributed by atoms with Gasteiger partial charge in [0.05, 0.1) is 39.0 Å². The van der Waals surface area contributed by atoms with Crippen LogP contribution in [0.25, 0.3) is 43.1 Å². The van der Waals surface area contributed by atoms with Crippen LogP contribution in [0.1, 0.15) is 52.6 Å². The molecule has 64 heavy (non-hydrogen) atoms. The Morgan fingerprint density at radius 2 is 0.797 bits per heavy atom. The maximum Gasteiger partial charge on any atom is 0.294 e. The van der Waals surface area contributed by atoms with Crippen molar-refractivity contribution in [1.82, 2.24) is 0 Å². The number of carbonyl (C=O) groups is 4. The lowest BCUT2D eigenvalue weighted by atomic mass is 9.82. The van der Waals surface area contributed by atoms with Gasteiger partial charge in [-0.3, -0.25) is 23.7 Å².